The van der Waals surface area contributed by atoms with E-state index in [0.717, 1.165) is 21.6 Å². The summed E-state index contributed by atoms with van der Waals surface area (Å²) >= 11 is 4.48. The first kappa shape index (κ1) is 15.6. The van der Waals surface area contributed by atoms with Gasteiger partial charge in [0.05, 0.1) is 7.11 Å². The molecule has 0 N–H and O–H groups in total. The summed E-state index contributed by atoms with van der Waals surface area (Å²) in [6, 6.07) is 6.52. The van der Waals surface area contributed by atoms with Crippen LogP contribution < -0.4 is 4.90 Å². The smallest absolute Gasteiger partial charge is 0.336 e. The van der Waals surface area contributed by atoms with Gasteiger partial charge in [-0.2, -0.15) is 9.36 Å². The Labute approximate surface area is 134 Å². The number of likely N-dealkylation sites (N-methyl/N-ethyl adjacent to an activating group) is 1. The molecule has 0 amide bonds. The van der Waals surface area contributed by atoms with E-state index in [1.54, 1.807) is 7.05 Å². The average Bonchev–Trinajstić information content (AvgIpc) is 2.98. The van der Waals surface area contributed by atoms with Crippen molar-refractivity contribution in [1.29, 1.82) is 0 Å². The molecule has 1 aromatic heterocycles. The molecule has 0 bridgehead atoms. The van der Waals surface area contributed by atoms with Crippen molar-refractivity contribution in [3.05, 3.63) is 28.7 Å². The summed E-state index contributed by atoms with van der Waals surface area (Å²) in [4.78, 5) is 28.4. The summed E-state index contributed by atoms with van der Waals surface area (Å²) in [5.74, 6) is -0.0863. The number of esters is 1. The van der Waals surface area contributed by atoms with Crippen molar-refractivity contribution in [1.82, 2.24) is 9.36 Å². The van der Waals surface area contributed by atoms with Crippen LogP contribution in [0.1, 0.15) is 0 Å². The number of carbonyl (C=O) groups is 2. The molecule has 2 aromatic rings. The summed E-state index contributed by atoms with van der Waals surface area (Å²) in [5, 5.41) is 0.468. The van der Waals surface area contributed by atoms with Gasteiger partial charge in [0.15, 0.2) is 18.2 Å². The van der Waals surface area contributed by atoms with E-state index in [2.05, 4.69) is 30.0 Å². The van der Waals surface area contributed by atoms with Gasteiger partial charge in [-0.3, -0.25) is 0 Å². The molecule has 0 aliphatic carbocycles. The predicted molar refractivity (Wildman–Crippen MR) is 83.3 cm³/mol. The Morgan fingerprint density at radius 1 is 1.43 bits per heavy atom. The third kappa shape index (κ3) is 3.45. The number of nitrogens with zero attached hydrogens (tertiary/aromatic N) is 3. The number of carbonyl (C=O) groups excluding carboxylic acids is 2. The fraction of sp³-hybridized carbons (Fsp3) is 0.231. The van der Waals surface area contributed by atoms with Crippen LogP contribution in [0.2, 0.25) is 0 Å². The maximum atomic E-state index is 11.5. The maximum Gasteiger partial charge on any atom is 0.336 e. The number of aldehydes is 1. The molecule has 1 heterocycles. The van der Waals surface area contributed by atoms with E-state index in [9.17, 15) is 9.59 Å². The number of benzene rings is 1. The van der Waals surface area contributed by atoms with Gasteiger partial charge < -0.3 is 14.4 Å². The highest BCUT2D eigenvalue weighted by atomic mass is 79.9. The highest BCUT2D eigenvalue weighted by Gasteiger charge is 2.26. The van der Waals surface area contributed by atoms with Gasteiger partial charge in [0.2, 0.25) is 5.13 Å². The lowest BCUT2D eigenvalue weighted by atomic mass is 10.2. The third-order valence-electron chi connectivity index (χ3n) is 2.81. The van der Waals surface area contributed by atoms with E-state index in [0.29, 0.717) is 17.2 Å². The van der Waals surface area contributed by atoms with Crippen molar-refractivity contribution in [2.24, 2.45) is 0 Å². The van der Waals surface area contributed by atoms with Gasteiger partial charge in [-0.1, -0.05) is 28.1 Å². The molecule has 0 radical (unpaired) electrons. The SMILES string of the molecule is COC(=O)C(C=O)N(C)c1nc(-c2ccc(Br)cc2)ns1. The summed E-state index contributed by atoms with van der Waals surface area (Å²) < 4.78 is 9.80. The minimum absolute atomic E-state index is 0.468. The van der Waals surface area contributed by atoms with Crippen LogP contribution in [-0.2, 0) is 14.3 Å². The highest BCUT2D eigenvalue weighted by Crippen LogP contribution is 2.25. The Hall–Kier alpha value is -1.80. The second-order valence-electron chi connectivity index (χ2n) is 4.12. The Morgan fingerprint density at radius 3 is 2.67 bits per heavy atom. The van der Waals surface area contributed by atoms with Crippen LogP contribution in [-0.4, -0.2) is 41.8 Å². The average molecular weight is 370 g/mol. The van der Waals surface area contributed by atoms with Gasteiger partial charge in [0, 0.05) is 28.6 Å². The summed E-state index contributed by atoms with van der Waals surface area (Å²) in [7, 11) is 2.84. The Morgan fingerprint density at radius 2 is 2.10 bits per heavy atom. The lowest BCUT2D eigenvalue weighted by Crippen LogP contribution is -2.40. The summed E-state index contributed by atoms with van der Waals surface area (Å²) in [6.45, 7) is 0. The van der Waals surface area contributed by atoms with Gasteiger partial charge in [-0.25, -0.2) is 4.79 Å². The monoisotopic (exact) mass is 369 g/mol. The zero-order valence-electron chi connectivity index (χ0n) is 11.3. The maximum absolute atomic E-state index is 11.5. The molecule has 0 spiro atoms. The van der Waals surface area contributed by atoms with E-state index in [-0.39, 0.29) is 0 Å². The predicted octanol–water partition coefficient (Wildman–Crippen LogP) is 2.14. The third-order valence-corrected chi connectivity index (χ3v) is 4.14. The Balaban J connectivity index is 2.24. The number of hydrogen-bond donors (Lipinski definition) is 0. The lowest BCUT2D eigenvalue weighted by molar-refractivity contribution is -0.143. The van der Waals surface area contributed by atoms with Gasteiger partial charge >= 0.3 is 5.97 Å². The van der Waals surface area contributed by atoms with Crippen LogP contribution in [0.15, 0.2) is 28.7 Å². The zero-order chi connectivity index (χ0) is 15.4. The number of hydrogen-bond acceptors (Lipinski definition) is 7. The number of anilines is 1. The van der Waals surface area contributed by atoms with Gasteiger partial charge in [-0.15, -0.1) is 0 Å². The molecule has 1 aromatic carbocycles. The van der Waals surface area contributed by atoms with Gasteiger partial charge in [-0.05, 0) is 12.1 Å². The van der Waals surface area contributed by atoms with Crippen molar-refractivity contribution in [3.8, 4) is 11.4 Å². The largest absolute Gasteiger partial charge is 0.467 e. The highest BCUT2D eigenvalue weighted by molar-refractivity contribution is 9.10. The molecular weight excluding hydrogens is 358 g/mol. The molecule has 0 saturated heterocycles. The fourth-order valence-electron chi connectivity index (χ4n) is 1.62. The minimum atomic E-state index is -1.03. The Bertz CT molecular complexity index is 644. The zero-order valence-corrected chi connectivity index (χ0v) is 13.7. The Kier molecular flexibility index (Phi) is 5.03. The first-order chi connectivity index (χ1) is 10.1. The van der Waals surface area contributed by atoms with E-state index < -0.39 is 12.0 Å². The van der Waals surface area contributed by atoms with Crippen LogP contribution in [0.25, 0.3) is 11.4 Å². The molecular formula is C13H12BrN3O3S. The van der Waals surface area contributed by atoms with Crippen molar-refractivity contribution < 1.29 is 14.3 Å². The van der Waals surface area contributed by atoms with Gasteiger partial charge in [0.25, 0.3) is 0 Å². The first-order valence-electron chi connectivity index (χ1n) is 5.92. The van der Waals surface area contributed by atoms with Crippen LogP contribution >= 0.6 is 27.5 Å². The lowest BCUT2D eigenvalue weighted by Gasteiger charge is -2.19. The quantitative estimate of drug-likeness (QED) is 0.456. The van der Waals surface area contributed by atoms with Crippen LogP contribution in [0.3, 0.4) is 0 Å². The molecule has 0 fully saturated rings. The number of rotatable bonds is 5. The fourth-order valence-corrected chi connectivity index (χ4v) is 2.57. The first-order valence-corrected chi connectivity index (χ1v) is 7.49. The van der Waals surface area contributed by atoms with Crippen molar-refractivity contribution >= 4 is 44.8 Å². The summed E-state index contributed by atoms with van der Waals surface area (Å²) in [5.41, 5.74) is 0.856. The molecule has 21 heavy (non-hydrogen) atoms. The topological polar surface area (TPSA) is 72.4 Å². The molecule has 2 rings (SSSR count). The standard InChI is InChI=1S/C13H12BrN3O3S/c1-17(10(7-18)12(19)20-2)13-15-11(16-21-13)8-3-5-9(14)6-4-8/h3-7,10H,1-2H3. The molecule has 110 valence electrons. The second-order valence-corrected chi connectivity index (χ2v) is 5.77. The molecule has 1 unspecified atom stereocenters. The van der Waals surface area contributed by atoms with Crippen LogP contribution in [0.4, 0.5) is 5.13 Å². The van der Waals surface area contributed by atoms with Gasteiger partial charge in [0.1, 0.15) is 0 Å². The number of methoxy groups -OCH3 is 1. The number of ether oxygens (including phenoxy) is 1. The second kappa shape index (κ2) is 6.77. The van der Waals surface area contributed by atoms with Crippen molar-refractivity contribution in [2.75, 3.05) is 19.1 Å². The molecule has 6 nitrogen and oxygen atoms in total. The molecule has 8 heteroatoms. The number of aromatic nitrogens is 2. The molecule has 1 atom stereocenters. The normalized spacial score (nSPS) is 11.8. The van der Waals surface area contributed by atoms with E-state index in [4.69, 9.17) is 0 Å². The molecule has 0 aliphatic heterocycles. The minimum Gasteiger partial charge on any atom is -0.467 e. The van der Waals surface area contributed by atoms with Crippen LogP contribution in [0.5, 0.6) is 0 Å². The van der Waals surface area contributed by atoms with E-state index >= 15 is 0 Å². The molecule has 0 aliphatic rings. The van der Waals surface area contributed by atoms with Crippen LogP contribution in [0, 0.1) is 0 Å². The van der Waals surface area contributed by atoms with E-state index in [1.807, 2.05) is 24.3 Å². The number of halogens is 1. The van der Waals surface area contributed by atoms with E-state index in [1.165, 1.54) is 12.0 Å². The molecule has 0 saturated carbocycles. The summed E-state index contributed by atoms with van der Waals surface area (Å²) in [6.07, 6.45) is 0.520. The van der Waals surface area contributed by atoms with Crippen molar-refractivity contribution in [2.45, 2.75) is 6.04 Å². The van der Waals surface area contributed by atoms with Crippen molar-refractivity contribution in [3.63, 3.8) is 0 Å².